The molecule has 0 radical (unpaired) electrons. The highest BCUT2D eigenvalue weighted by Gasteiger charge is 2.24. The Morgan fingerprint density at radius 2 is 2.14 bits per heavy atom. The van der Waals surface area contributed by atoms with E-state index in [4.69, 9.17) is 10.5 Å². The molecule has 2 unspecified atom stereocenters. The number of para-hydroxylation sites is 1. The van der Waals surface area contributed by atoms with Gasteiger partial charge in [0, 0.05) is 12.2 Å². The van der Waals surface area contributed by atoms with Gasteiger partial charge in [0.2, 0.25) is 0 Å². The van der Waals surface area contributed by atoms with Gasteiger partial charge >= 0.3 is 0 Å². The molecule has 1 aromatic heterocycles. The monoisotopic (exact) mass is 282 g/mol. The molecule has 3 rings (SSSR count). The van der Waals surface area contributed by atoms with Crippen molar-refractivity contribution in [2.24, 2.45) is 5.73 Å². The van der Waals surface area contributed by atoms with E-state index in [1.807, 2.05) is 18.3 Å². The largest absolute Gasteiger partial charge is 0.493 e. The van der Waals surface area contributed by atoms with Crippen LogP contribution in [0.4, 0.5) is 0 Å². The third-order valence-electron chi connectivity index (χ3n) is 4.23. The molecule has 3 nitrogen and oxygen atoms in total. The summed E-state index contributed by atoms with van der Waals surface area (Å²) in [5.74, 6) is 1.46. The van der Waals surface area contributed by atoms with Crippen molar-refractivity contribution in [3.63, 3.8) is 0 Å². The van der Waals surface area contributed by atoms with Gasteiger partial charge in [-0.05, 0) is 55.4 Å². The quantitative estimate of drug-likeness (QED) is 0.934. The molecule has 0 amide bonds. The molecule has 1 aromatic carbocycles. The smallest absolute Gasteiger partial charge is 0.122 e. The van der Waals surface area contributed by atoms with Gasteiger partial charge in [-0.15, -0.1) is 0 Å². The first-order valence-corrected chi connectivity index (χ1v) is 7.55. The zero-order valence-corrected chi connectivity index (χ0v) is 12.7. The Morgan fingerprint density at radius 3 is 2.95 bits per heavy atom. The fourth-order valence-electron chi connectivity index (χ4n) is 3.19. The SMILES string of the molecule is Cc1cnc(C(N)CC2CCOc3ccccc32)c(C)c1. The first kappa shape index (κ1) is 14.1. The van der Waals surface area contributed by atoms with E-state index < -0.39 is 0 Å². The zero-order chi connectivity index (χ0) is 14.8. The molecule has 21 heavy (non-hydrogen) atoms. The second-order valence-corrected chi connectivity index (χ2v) is 5.93. The average molecular weight is 282 g/mol. The predicted octanol–water partition coefficient (Wildman–Crippen LogP) is 3.65. The van der Waals surface area contributed by atoms with Crippen molar-refractivity contribution < 1.29 is 4.74 Å². The van der Waals surface area contributed by atoms with Gasteiger partial charge < -0.3 is 10.5 Å². The minimum Gasteiger partial charge on any atom is -0.493 e. The second kappa shape index (κ2) is 5.86. The molecule has 1 aliphatic rings. The lowest BCUT2D eigenvalue weighted by Gasteiger charge is -2.28. The van der Waals surface area contributed by atoms with Crippen LogP contribution < -0.4 is 10.5 Å². The molecule has 0 bridgehead atoms. The summed E-state index contributed by atoms with van der Waals surface area (Å²) >= 11 is 0. The minimum absolute atomic E-state index is 0.0262. The molecule has 2 heterocycles. The summed E-state index contributed by atoms with van der Waals surface area (Å²) in [6.07, 6.45) is 3.84. The van der Waals surface area contributed by atoms with Gasteiger partial charge in [0.1, 0.15) is 5.75 Å². The van der Waals surface area contributed by atoms with Crippen molar-refractivity contribution in [2.45, 2.75) is 38.6 Å². The average Bonchev–Trinajstić information content (AvgIpc) is 2.47. The van der Waals surface area contributed by atoms with Crippen LogP contribution in [0.25, 0.3) is 0 Å². The summed E-state index contributed by atoms with van der Waals surface area (Å²) < 4.78 is 5.72. The highest BCUT2D eigenvalue weighted by Crippen LogP contribution is 2.38. The molecule has 2 aromatic rings. The number of hydrogen-bond donors (Lipinski definition) is 1. The molecular weight excluding hydrogens is 260 g/mol. The lowest BCUT2D eigenvalue weighted by Crippen LogP contribution is -2.21. The Bertz CT molecular complexity index is 639. The van der Waals surface area contributed by atoms with Crippen molar-refractivity contribution in [1.82, 2.24) is 4.98 Å². The summed E-state index contributed by atoms with van der Waals surface area (Å²) in [5, 5.41) is 0. The number of nitrogens with two attached hydrogens (primary N) is 1. The van der Waals surface area contributed by atoms with Gasteiger partial charge in [0.05, 0.1) is 12.3 Å². The Kier molecular flexibility index (Phi) is 3.93. The fourth-order valence-corrected chi connectivity index (χ4v) is 3.19. The van der Waals surface area contributed by atoms with E-state index in [0.717, 1.165) is 30.9 Å². The summed E-state index contributed by atoms with van der Waals surface area (Å²) in [4.78, 5) is 4.54. The number of ether oxygens (including phenoxy) is 1. The van der Waals surface area contributed by atoms with Gasteiger partial charge in [0.15, 0.2) is 0 Å². The maximum Gasteiger partial charge on any atom is 0.122 e. The highest BCUT2D eigenvalue weighted by atomic mass is 16.5. The molecule has 1 aliphatic heterocycles. The lowest BCUT2D eigenvalue weighted by atomic mass is 9.86. The van der Waals surface area contributed by atoms with Crippen LogP contribution in [0.3, 0.4) is 0 Å². The van der Waals surface area contributed by atoms with Crippen molar-refractivity contribution >= 4 is 0 Å². The lowest BCUT2D eigenvalue weighted by molar-refractivity contribution is 0.259. The van der Waals surface area contributed by atoms with Crippen LogP contribution in [0.2, 0.25) is 0 Å². The maximum absolute atomic E-state index is 6.43. The normalized spacial score (nSPS) is 18.7. The van der Waals surface area contributed by atoms with E-state index in [-0.39, 0.29) is 6.04 Å². The molecule has 0 saturated carbocycles. The van der Waals surface area contributed by atoms with Crippen LogP contribution in [0, 0.1) is 13.8 Å². The van der Waals surface area contributed by atoms with Crippen molar-refractivity contribution in [3.05, 3.63) is 58.9 Å². The number of aromatic nitrogens is 1. The maximum atomic E-state index is 6.43. The first-order valence-electron chi connectivity index (χ1n) is 7.55. The molecule has 2 atom stereocenters. The third-order valence-corrected chi connectivity index (χ3v) is 4.23. The van der Waals surface area contributed by atoms with Gasteiger partial charge in [-0.1, -0.05) is 24.3 Å². The third kappa shape index (κ3) is 2.93. The fraction of sp³-hybridized carbons (Fsp3) is 0.389. The summed E-state index contributed by atoms with van der Waals surface area (Å²) in [5.41, 5.74) is 11.1. The molecule has 0 spiro atoms. The summed E-state index contributed by atoms with van der Waals surface area (Å²) in [6.45, 7) is 4.92. The topological polar surface area (TPSA) is 48.1 Å². The number of rotatable bonds is 3. The van der Waals surface area contributed by atoms with Gasteiger partial charge in [-0.3, -0.25) is 4.98 Å². The van der Waals surface area contributed by atoms with Crippen molar-refractivity contribution in [1.29, 1.82) is 0 Å². The van der Waals surface area contributed by atoms with E-state index in [1.165, 1.54) is 16.7 Å². The second-order valence-electron chi connectivity index (χ2n) is 5.93. The molecule has 0 fully saturated rings. The number of fused-ring (bicyclic) bond motifs is 1. The number of benzene rings is 1. The predicted molar refractivity (Wildman–Crippen MR) is 84.6 cm³/mol. The van der Waals surface area contributed by atoms with Crippen LogP contribution in [-0.2, 0) is 0 Å². The molecule has 3 heteroatoms. The highest BCUT2D eigenvalue weighted by molar-refractivity contribution is 5.38. The Morgan fingerprint density at radius 1 is 1.33 bits per heavy atom. The van der Waals surface area contributed by atoms with Gasteiger partial charge in [0.25, 0.3) is 0 Å². The van der Waals surface area contributed by atoms with Gasteiger partial charge in [-0.2, -0.15) is 0 Å². The number of aryl methyl sites for hydroxylation is 2. The first-order chi connectivity index (χ1) is 10.1. The Balaban J connectivity index is 1.81. The molecule has 0 aliphatic carbocycles. The van der Waals surface area contributed by atoms with E-state index >= 15 is 0 Å². The standard InChI is InChI=1S/C18H22N2O/c1-12-9-13(2)18(20-11-12)16(19)10-14-7-8-21-17-6-4-3-5-15(14)17/h3-6,9,11,14,16H,7-8,10,19H2,1-2H3. The van der Waals surface area contributed by atoms with Crippen LogP contribution in [-0.4, -0.2) is 11.6 Å². The summed E-state index contributed by atoms with van der Waals surface area (Å²) in [6, 6.07) is 10.4. The Labute approximate surface area is 126 Å². The summed E-state index contributed by atoms with van der Waals surface area (Å²) in [7, 11) is 0. The molecule has 110 valence electrons. The van der Waals surface area contributed by atoms with Crippen molar-refractivity contribution in [2.75, 3.05) is 6.61 Å². The van der Waals surface area contributed by atoms with E-state index in [2.05, 4.69) is 37.0 Å². The number of nitrogens with zero attached hydrogens (tertiary/aromatic N) is 1. The van der Waals surface area contributed by atoms with Gasteiger partial charge in [-0.25, -0.2) is 0 Å². The van der Waals surface area contributed by atoms with Crippen LogP contribution in [0.15, 0.2) is 36.5 Å². The van der Waals surface area contributed by atoms with E-state index in [9.17, 15) is 0 Å². The number of pyridine rings is 1. The zero-order valence-electron chi connectivity index (χ0n) is 12.7. The van der Waals surface area contributed by atoms with E-state index in [1.54, 1.807) is 0 Å². The number of hydrogen-bond acceptors (Lipinski definition) is 3. The molecule has 0 saturated heterocycles. The molecule has 2 N–H and O–H groups in total. The Hall–Kier alpha value is -1.87. The van der Waals surface area contributed by atoms with Crippen molar-refractivity contribution in [3.8, 4) is 5.75 Å². The minimum atomic E-state index is -0.0262. The van der Waals surface area contributed by atoms with Crippen LogP contribution in [0.5, 0.6) is 5.75 Å². The molecular formula is C18H22N2O. The van der Waals surface area contributed by atoms with E-state index in [0.29, 0.717) is 5.92 Å². The van der Waals surface area contributed by atoms with Crippen LogP contribution in [0.1, 0.15) is 47.2 Å². The van der Waals surface area contributed by atoms with Crippen LogP contribution >= 0.6 is 0 Å².